The zero-order valence-electron chi connectivity index (χ0n) is 31.9. The number of carbonyl (C=O) groups is 4. The Hall–Kier alpha value is -4.04. The molecule has 3 saturated heterocycles. The Balaban J connectivity index is 1.16. The predicted molar refractivity (Wildman–Crippen MR) is 192 cm³/mol. The molecule has 6 aliphatic rings. The molecule has 3 aliphatic carbocycles. The maximum absolute atomic E-state index is 14.2. The number of carboxylic acids is 1. The second-order valence-electron chi connectivity index (χ2n) is 15.6. The van der Waals surface area contributed by atoms with Crippen molar-refractivity contribution in [3.8, 4) is 17.2 Å². The molecular weight excluding hydrogens is 750 g/mol. The summed E-state index contributed by atoms with van der Waals surface area (Å²) in [5.41, 5.74) is -3.63. The number of aliphatic carboxylic acids is 1. The topological polar surface area (TPSA) is 226 Å². The quantitative estimate of drug-likeness (QED) is 0.161. The van der Waals surface area contributed by atoms with Crippen LogP contribution in [0.5, 0.6) is 17.2 Å². The van der Waals surface area contributed by atoms with E-state index in [2.05, 4.69) is 4.90 Å². The predicted octanol–water partition coefficient (Wildman–Crippen LogP) is 2.50. The first-order chi connectivity index (χ1) is 27.3. The van der Waals surface area contributed by atoms with Gasteiger partial charge in [0.2, 0.25) is 5.78 Å². The van der Waals surface area contributed by atoms with E-state index in [4.69, 9.17) is 37.9 Å². The number of Topliss-reactive ketones (excluding diaryl/α,β-unsaturated/α-hetero) is 1. The number of rotatable bonds is 11. The third kappa shape index (κ3) is 6.81. The van der Waals surface area contributed by atoms with Crippen molar-refractivity contribution in [2.45, 2.75) is 113 Å². The van der Waals surface area contributed by atoms with Gasteiger partial charge >= 0.3 is 5.97 Å². The summed E-state index contributed by atoms with van der Waals surface area (Å²) < 4.78 is 47.6. The van der Waals surface area contributed by atoms with Crippen LogP contribution in [0.25, 0.3) is 0 Å². The minimum absolute atomic E-state index is 0.0564. The molecule has 308 valence electrons. The van der Waals surface area contributed by atoms with Crippen molar-refractivity contribution in [3.05, 3.63) is 51.6 Å². The third-order valence-corrected chi connectivity index (χ3v) is 12.2. The first-order valence-electron chi connectivity index (χ1n) is 19.3. The van der Waals surface area contributed by atoms with E-state index in [1.54, 1.807) is 0 Å². The van der Waals surface area contributed by atoms with Gasteiger partial charge in [-0.15, -0.1) is 0 Å². The van der Waals surface area contributed by atoms with Gasteiger partial charge in [0.05, 0.1) is 42.6 Å². The number of methoxy groups -OCH3 is 2. The van der Waals surface area contributed by atoms with Crippen LogP contribution in [0.3, 0.4) is 0 Å². The van der Waals surface area contributed by atoms with Crippen LogP contribution in [0, 0.1) is 0 Å². The largest absolute Gasteiger partial charge is 0.507 e. The summed E-state index contributed by atoms with van der Waals surface area (Å²) in [6, 6.07) is 4.21. The standard InChI is InChI=1S/C40H47NO16/c1-19-36-22(41-12-13-52-38(51-3)37(41)57-36)14-27(55-19)56-24-16-39(49,25(42)17-53-40(54-18-26(43)44)10-5-4-6-11-40)15-21-29(24)35(48)31-30(33(21)46)32(45)20-8-7-9-23(50-2)28(20)34(31)47/h7-9,19,22,24,27,36-38,46,48-49H,4-6,10-18H2,1-3H3,(H,43,44)/t19-,22-,24-,27-,36+,37+,38-,39-/m0/s1. The molecule has 0 amide bonds. The van der Waals surface area contributed by atoms with Crippen LogP contribution in [0.4, 0.5) is 0 Å². The Morgan fingerprint density at radius 3 is 2.42 bits per heavy atom. The van der Waals surface area contributed by atoms with Crippen molar-refractivity contribution >= 4 is 23.3 Å². The average Bonchev–Trinajstić information content (AvgIpc) is 3.59. The number of benzene rings is 2. The monoisotopic (exact) mass is 797 g/mol. The van der Waals surface area contributed by atoms with Crippen molar-refractivity contribution in [2.24, 2.45) is 0 Å². The lowest BCUT2D eigenvalue weighted by Gasteiger charge is -2.43. The SMILES string of the molecule is COc1cccc2c1C(=O)c1c(O)c3c(c(O)c1C2=O)C[C@@](O)(C(=O)COC1(OCC(=O)O)CCCCC1)C[C@@H]3O[C@H]1C[C@H]2[C@H](O[C@@H]3[C@@H](OC)OCCN32)[C@H](C)O1. The number of nitrogens with zero attached hydrogens (tertiary/aromatic N) is 1. The van der Waals surface area contributed by atoms with Crippen LogP contribution in [0.15, 0.2) is 18.2 Å². The van der Waals surface area contributed by atoms with E-state index in [0.717, 1.165) is 6.42 Å². The molecule has 17 heteroatoms. The van der Waals surface area contributed by atoms with Gasteiger partial charge in [-0.25, -0.2) is 4.79 Å². The van der Waals surface area contributed by atoms with Gasteiger partial charge in [0, 0.05) is 68.5 Å². The Morgan fingerprint density at radius 2 is 1.70 bits per heavy atom. The van der Waals surface area contributed by atoms with Gasteiger partial charge in [0.25, 0.3) is 0 Å². The van der Waals surface area contributed by atoms with Gasteiger partial charge in [-0.05, 0) is 25.8 Å². The number of morpholine rings is 1. The summed E-state index contributed by atoms with van der Waals surface area (Å²) in [4.78, 5) is 55.9. The second-order valence-corrected chi connectivity index (χ2v) is 15.6. The summed E-state index contributed by atoms with van der Waals surface area (Å²) in [7, 11) is 2.87. The third-order valence-electron chi connectivity index (χ3n) is 12.2. The highest BCUT2D eigenvalue weighted by atomic mass is 16.7. The lowest BCUT2D eigenvalue weighted by atomic mass is 9.72. The number of aromatic hydroxyl groups is 2. The Kier molecular flexibility index (Phi) is 10.7. The Bertz CT molecular complexity index is 1960. The van der Waals surface area contributed by atoms with Gasteiger partial charge in [-0.3, -0.25) is 19.3 Å². The van der Waals surface area contributed by atoms with Crippen molar-refractivity contribution in [1.82, 2.24) is 4.90 Å². The number of carboxylic acid groups (broad SMARTS) is 1. The van der Waals surface area contributed by atoms with Crippen LogP contribution in [-0.4, -0.2) is 138 Å². The molecule has 17 nitrogen and oxygen atoms in total. The normalized spacial score (nSPS) is 31.8. The van der Waals surface area contributed by atoms with E-state index in [0.29, 0.717) is 38.8 Å². The number of ether oxygens (including phenoxy) is 8. The number of hydrogen-bond acceptors (Lipinski definition) is 16. The summed E-state index contributed by atoms with van der Waals surface area (Å²) in [6.07, 6.45) is -2.28. The molecule has 1 saturated carbocycles. The van der Waals surface area contributed by atoms with Crippen molar-refractivity contribution in [2.75, 3.05) is 40.6 Å². The van der Waals surface area contributed by atoms with E-state index in [-0.39, 0.29) is 46.6 Å². The van der Waals surface area contributed by atoms with Gasteiger partial charge in [-0.2, -0.15) is 0 Å². The zero-order chi connectivity index (χ0) is 40.4. The van der Waals surface area contributed by atoms with Gasteiger partial charge < -0.3 is 58.3 Å². The van der Waals surface area contributed by atoms with Crippen molar-refractivity contribution in [1.29, 1.82) is 0 Å². The molecule has 0 bridgehead atoms. The number of phenolic OH excluding ortho intramolecular Hbond substituents is 2. The van der Waals surface area contributed by atoms with Crippen LogP contribution in [0.2, 0.25) is 0 Å². The number of carbonyl (C=O) groups excluding carboxylic acids is 3. The zero-order valence-corrected chi connectivity index (χ0v) is 31.9. The lowest BCUT2D eigenvalue weighted by Crippen LogP contribution is -2.55. The lowest BCUT2D eigenvalue weighted by molar-refractivity contribution is -0.258. The smallest absolute Gasteiger partial charge is 0.329 e. The minimum atomic E-state index is -2.30. The molecule has 3 heterocycles. The van der Waals surface area contributed by atoms with Crippen LogP contribution >= 0.6 is 0 Å². The van der Waals surface area contributed by atoms with Crippen molar-refractivity contribution < 1.29 is 77.5 Å². The fourth-order valence-electron chi connectivity index (χ4n) is 9.49. The summed E-state index contributed by atoms with van der Waals surface area (Å²) in [5, 5.41) is 45.6. The summed E-state index contributed by atoms with van der Waals surface area (Å²) in [6.45, 7) is 1.44. The number of fused-ring (bicyclic) bond motifs is 6. The van der Waals surface area contributed by atoms with Crippen molar-refractivity contribution in [3.63, 3.8) is 0 Å². The van der Waals surface area contributed by atoms with Crippen LogP contribution < -0.4 is 4.74 Å². The van der Waals surface area contributed by atoms with Gasteiger partial charge in [0.1, 0.15) is 42.2 Å². The van der Waals surface area contributed by atoms with E-state index in [1.807, 2.05) is 6.92 Å². The van der Waals surface area contributed by atoms with Gasteiger partial charge in [0.15, 0.2) is 36.2 Å². The molecule has 0 radical (unpaired) electrons. The number of phenols is 2. The first-order valence-corrected chi connectivity index (χ1v) is 19.3. The number of hydrogen-bond donors (Lipinski definition) is 4. The molecule has 2 aromatic carbocycles. The molecule has 4 N–H and O–H groups in total. The molecule has 2 aromatic rings. The van der Waals surface area contributed by atoms with E-state index < -0.39 is 114 Å². The van der Waals surface area contributed by atoms with Crippen LogP contribution in [0.1, 0.15) is 101 Å². The molecule has 0 unspecified atom stereocenters. The Morgan fingerprint density at radius 1 is 0.965 bits per heavy atom. The van der Waals surface area contributed by atoms with E-state index >= 15 is 0 Å². The molecule has 0 spiro atoms. The highest BCUT2D eigenvalue weighted by molar-refractivity contribution is 6.31. The number of aliphatic hydroxyl groups is 1. The highest BCUT2D eigenvalue weighted by Crippen LogP contribution is 2.53. The fraction of sp³-hybridized carbons (Fsp3) is 0.600. The molecule has 3 aliphatic heterocycles. The summed E-state index contributed by atoms with van der Waals surface area (Å²) >= 11 is 0. The van der Waals surface area contributed by atoms with E-state index in [1.165, 1.54) is 32.4 Å². The molecule has 0 aromatic heterocycles. The highest BCUT2D eigenvalue weighted by Gasteiger charge is 2.55. The molecule has 4 fully saturated rings. The fourth-order valence-corrected chi connectivity index (χ4v) is 9.49. The first kappa shape index (κ1) is 39.8. The summed E-state index contributed by atoms with van der Waals surface area (Å²) in [5.74, 6) is -6.18. The molecular formula is C40H47NO16. The van der Waals surface area contributed by atoms with Crippen LogP contribution in [-0.2, 0) is 49.2 Å². The second kappa shape index (κ2) is 15.3. The van der Waals surface area contributed by atoms with E-state index in [9.17, 15) is 39.6 Å². The maximum Gasteiger partial charge on any atom is 0.329 e. The Labute approximate surface area is 327 Å². The maximum atomic E-state index is 14.2. The molecule has 57 heavy (non-hydrogen) atoms. The number of ketones is 3. The molecule has 8 rings (SSSR count). The molecule has 8 atom stereocenters. The average molecular weight is 798 g/mol. The van der Waals surface area contributed by atoms with Gasteiger partial charge in [-0.1, -0.05) is 18.6 Å². The minimum Gasteiger partial charge on any atom is -0.507 e.